The molecule has 1 heterocycles. The smallest absolute Gasteiger partial charge is 0.343 e. The molecular weight excluding hydrogens is 396 g/mol. The molecule has 0 bridgehead atoms. The zero-order valence-electron chi connectivity index (χ0n) is 17.4. The van der Waals surface area contributed by atoms with E-state index in [-0.39, 0.29) is 22.9 Å². The molecule has 0 fully saturated rings. The number of aromatic nitrogens is 3. The second-order valence-electron chi connectivity index (χ2n) is 7.39. The van der Waals surface area contributed by atoms with Crippen LogP contribution in [-0.4, -0.2) is 32.0 Å². The average molecular weight is 425 g/mol. The van der Waals surface area contributed by atoms with E-state index in [1.165, 1.54) is 17.3 Å². The van der Waals surface area contributed by atoms with Crippen molar-refractivity contribution in [3.63, 3.8) is 0 Å². The van der Waals surface area contributed by atoms with Gasteiger partial charge in [-0.15, -0.1) is 5.10 Å². The predicted molar refractivity (Wildman–Crippen MR) is 121 cm³/mol. The number of rotatable bonds is 10. The monoisotopic (exact) mass is 424 g/mol. The standard InChI is InChI=1S/C23H28N4O2S/c1-17(13-14-19-9-5-3-6-10-19)24-21(28)18(2)30-23-26-25-22(29)27(23)16-15-20-11-7-4-8-12-20/h3-12,17-18H,13-16H2,1-2H3,(H,24,28)(H,25,29)/t17-,18+/m0/s1. The lowest BCUT2D eigenvalue weighted by Crippen LogP contribution is -2.38. The van der Waals surface area contributed by atoms with E-state index in [1.54, 1.807) is 4.57 Å². The number of hydrogen-bond acceptors (Lipinski definition) is 4. The number of carbonyl (C=O) groups is 1. The lowest BCUT2D eigenvalue weighted by molar-refractivity contribution is -0.120. The van der Waals surface area contributed by atoms with Gasteiger partial charge in [-0.3, -0.25) is 9.36 Å². The van der Waals surface area contributed by atoms with E-state index in [2.05, 4.69) is 27.6 Å². The van der Waals surface area contributed by atoms with Crippen molar-refractivity contribution in [3.05, 3.63) is 82.3 Å². The van der Waals surface area contributed by atoms with E-state index >= 15 is 0 Å². The highest BCUT2D eigenvalue weighted by Crippen LogP contribution is 2.20. The van der Waals surface area contributed by atoms with Gasteiger partial charge in [-0.25, -0.2) is 9.89 Å². The summed E-state index contributed by atoms with van der Waals surface area (Å²) in [5, 5.41) is 9.87. The second kappa shape index (κ2) is 10.8. The zero-order chi connectivity index (χ0) is 21.3. The number of aromatic amines is 1. The van der Waals surface area contributed by atoms with Gasteiger partial charge in [0.2, 0.25) is 5.91 Å². The number of amides is 1. The Balaban J connectivity index is 1.51. The van der Waals surface area contributed by atoms with Crippen LogP contribution in [0.25, 0.3) is 0 Å². The van der Waals surface area contributed by atoms with Crippen LogP contribution in [0.15, 0.2) is 70.6 Å². The van der Waals surface area contributed by atoms with Crippen LogP contribution in [0.1, 0.15) is 31.4 Å². The Labute approximate surface area is 181 Å². The van der Waals surface area contributed by atoms with Gasteiger partial charge in [0.05, 0.1) is 5.25 Å². The van der Waals surface area contributed by atoms with E-state index < -0.39 is 0 Å². The Morgan fingerprint density at radius 1 is 1.03 bits per heavy atom. The van der Waals surface area contributed by atoms with Gasteiger partial charge >= 0.3 is 5.69 Å². The molecule has 3 rings (SSSR count). The Hall–Kier alpha value is -2.80. The summed E-state index contributed by atoms with van der Waals surface area (Å²) in [6.07, 6.45) is 2.52. The van der Waals surface area contributed by atoms with Crippen molar-refractivity contribution in [1.82, 2.24) is 20.1 Å². The Morgan fingerprint density at radius 3 is 2.27 bits per heavy atom. The van der Waals surface area contributed by atoms with Crippen molar-refractivity contribution in [1.29, 1.82) is 0 Å². The molecule has 0 saturated heterocycles. The molecule has 1 aromatic heterocycles. The van der Waals surface area contributed by atoms with E-state index in [0.717, 1.165) is 24.8 Å². The first-order valence-corrected chi connectivity index (χ1v) is 11.1. The molecule has 0 aliphatic carbocycles. The van der Waals surface area contributed by atoms with Crippen molar-refractivity contribution >= 4 is 17.7 Å². The minimum atomic E-state index is -0.352. The predicted octanol–water partition coefficient (Wildman–Crippen LogP) is 3.43. The Kier molecular flexibility index (Phi) is 7.90. The Morgan fingerprint density at radius 2 is 1.63 bits per heavy atom. The van der Waals surface area contributed by atoms with Gasteiger partial charge in [-0.2, -0.15) is 0 Å². The van der Waals surface area contributed by atoms with E-state index in [1.807, 2.05) is 62.4 Å². The van der Waals surface area contributed by atoms with Crippen molar-refractivity contribution in [2.75, 3.05) is 0 Å². The fourth-order valence-electron chi connectivity index (χ4n) is 3.15. The average Bonchev–Trinajstić information content (AvgIpc) is 3.11. The molecule has 0 spiro atoms. The van der Waals surface area contributed by atoms with E-state index in [9.17, 15) is 9.59 Å². The lowest BCUT2D eigenvalue weighted by Gasteiger charge is -2.17. The number of carbonyl (C=O) groups excluding carboxylic acids is 1. The van der Waals surface area contributed by atoms with Gasteiger partial charge in [0.1, 0.15) is 0 Å². The summed E-state index contributed by atoms with van der Waals surface area (Å²) in [5.74, 6) is -0.0504. The highest BCUT2D eigenvalue weighted by molar-refractivity contribution is 8.00. The van der Waals surface area contributed by atoms with Crippen LogP contribution in [-0.2, 0) is 24.2 Å². The quantitative estimate of drug-likeness (QED) is 0.489. The molecule has 7 heteroatoms. The molecular formula is C23H28N4O2S. The normalized spacial score (nSPS) is 13.0. The molecule has 0 radical (unpaired) electrons. The highest BCUT2D eigenvalue weighted by atomic mass is 32.2. The summed E-state index contributed by atoms with van der Waals surface area (Å²) >= 11 is 1.30. The largest absolute Gasteiger partial charge is 0.353 e. The zero-order valence-corrected chi connectivity index (χ0v) is 18.2. The summed E-state index contributed by atoms with van der Waals surface area (Å²) in [5.41, 5.74) is 2.16. The Bertz CT molecular complexity index is 985. The van der Waals surface area contributed by atoms with Crippen molar-refractivity contribution in [2.24, 2.45) is 0 Å². The molecule has 2 aromatic carbocycles. The number of nitrogens with zero attached hydrogens (tertiary/aromatic N) is 2. The minimum Gasteiger partial charge on any atom is -0.353 e. The van der Waals surface area contributed by atoms with E-state index in [4.69, 9.17) is 0 Å². The maximum Gasteiger partial charge on any atom is 0.343 e. The molecule has 30 heavy (non-hydrogen) atoms. The van der Waals surface area contributed by atoms with Crippen LogP contribution >= 0.6 is 11.8 Å². The first kappa shape index (κ1) is 21.9. The van der Waals surface area contributed by atoms with E-state index in [0.29, 0.717) is 11.7 Å². The fourth-order valence-corrected chi connectivity index (χ4v) is 4.04. The molecule has 0 aliphatic rings. The lowest BCUT2D eigenvalue weighted by atomic mass is 10.1. The molecule has 0 aliphatic heterocycles. The van der Waals surface area contributed by atoms with Gasteiger partial charge < -0.3 is 5.32 Å². The molecule has 158 valence electrons. The third-order valence-corrected chi connectivity index (χ3v) is 6.03. The van der Waals surface area contributed by atoms with Gasteiger partial charge in [0.15, 0.2) is 5.16 Å². The number of hydrogen-bond donors (Lipinski definition) is 2. The van der Waals surface area contributed by atoms with Crippen molar-refractivity contribution in [3.8, 4) is 0 Å². The van der Waals surface area contributed by atoms with Crippen molar-refractivity contribution in [2.45, 2.75) is 56.1 Å². The van der Waals surface area contributed by atoms with Crippen molar-refractivity contribution < 1.29 is 4.79 Å². The van der Waals surface area contributed by atoms with Gasteiger partial charge in [0, 0.05) is 12.6 Å². The van der Waals surface area contributed by atoms with Gasteiger partial charge in [-0.1, -0.05) is 72.4 Å². The van der Waals surface area contributed by atoms with Crippen LogP contribution < -0.4 is 11.0 Å². The molecule has 2 atom stereocenters. The third-order valence-electron chi connectivity index (χ3n) is 4.94. The number of H-pyrrole nitrogens is 1. The van der Waals surface area contributed by atoms with Gasteiger partial charge in [0.25, 0.3) is 0 Å². The van der Waals surface area contributed by atoms with Gasteiger partial charge in [-0.05, 0) is 44.2 Å². The van der Waals surface area contributed by atoms with Crippen LogP contribution in [0.4, 0.5) is 0 Å². The molecule has 6 nitrogen and oxygen atoms in total. The fraction of sp³-hybridized carbons (Fsp3) is 0.348. The summed E-state index contributed by atoms with van der Waals surface area (Å²) in [6.45, 7) is 4.37. The summed E-state index contributed by atoms with van der Waals surface area (Å²) < 4.78 is 1.60. The third kappa shape index (κ3) is 6.35. The molecule has 1 amide bonds. The first-order chi connectivity index (χ1) is 14.5. The molecule has 0 unspecified atom stereocenters. The highest BCUT2D eigenvalue weighted by Gasteiger charge is 2.20. The summed E-state index contributed by atoms with van der Waals surface area (Å²) in [6, 6.07) is 20.3. The number of benzene rings is 2. The second-order valence-corrected chi connectivity index (χ2v) is 8.70. The molecule has 2 N–H and O–H groups in total. The number of thioether (sulfide) groups is 1. The molecule has 0 saturated carbocycles. The van der Waals surface area contributed by atoms with Crippen LogP contribution in [0.5, 0.6) is 0 Å². The van der Waals surface area contributed by atoms with Crippen LogP contribution in [0.2, 0.25) is 0 Å². The van der Waals surface area contributed by atoms with Crippen LogP contribution in [0, 0.1) is 0 Å². The summed E-state index contributed by atoms with van der Waals surface area (Å²) in [7, 11) is 0. The maximum absolute atomic E-state index is 12.6. The minimum absolute atomic E-state index is 0.0504. The first-order valence-electron chi connectivity index (χ1n) is 10.2. The SMILES string of the molecule is C[C@@H](CCc1ccccc1)NC(=O)[C@@H](C)Sc1n[nH]c(=O)n1CCc1ccccc1. The van der Waals surface area contributed by atoms with Crippen LogP contribution in [0.3, 0.4) is 0 Å². The topological polar surface area (TPSA) is 79.8 Å². The summed E-state index contributed by atoms with van der Waals surface area (Å²) in [4.78, 5) is 24.8. The number of aryl methyl sites for hydroxylation is 2. The maximum atomic E-state index is 12.6. The molecule has 3 aromatic rings. The number of nitrogens with one attached hydrogen (secondary N) is 2.